The molecule has 0 aromatic heterocycles. The van der Waals surface area contributed by atoms with Crippen LogP contribution in [0.1, 0.15) is 5.56 Å². The summed E-state index contributed by atoms with van der Waals surface area (Å²) in [5, 5.41) is 3.91. The molecule has 0 radical (unpaired) electrons. The van der Waals surface area contributed by atoms with E-state index in [-0.39, 0.29) is 11.4 Å². The van der Waals surface area contributed by atoms with Gasteiger partial charge in [-0.1, -0.05) is 29.8 Å². The van der Waals surface area contributed by atoms with Crippen LogP contribution in [0.15, 0.2) is 52.3 Å². The monoisotopic (exact) mass is 427 g/mol. The van der Waals surface area contributed by atoms with E-state index in [1.54, 1.807) is 19.2 Å². The predicted molar refractivity (Wildman–Crippen MR) is 109 cm³/mol. The molecule has 0 bridgehead atoms. The first kappa shape index (κ1) is 20.3. The maximum absolute atomic E-state index is 12.6. The fraction of sp³-hybridized carbons (Fsp3) is 0.333. The predicted octanol–water partition coefficient (Wildman–Crippen LogP) is 1.97. The molecule has 0 fully saturated rings. The zero-order valence-electron chi connectivity index (χ0n) is 14.9. The van der Waals surface area contributed by atoms with Crippen molar-refractivity contribution in [1.29, 1.82) is 0 Å². The minimum atomic E-state index is -3.71. The lowest BCUT2D eigenvalue weighted by atomic mass is 10.1. The highest BCUT2D eigenvalue weighted by Gasteiger charge is 2.30. The number of hydrogen-bond acceptors (Lipinski definition) is 5. The summed E-state index contributed by atoms with van der Waals surface area (Å²) in [6.07, 6.45) is 0.810. The highest BCUT2D eigenvalue weighted by Crippen LogP contribution is 2.35. The Balaban J connectivity index is 1.52. The smallest absolute Gasteiger partial charge is 0.241 e. The number of nitrogens with one attached hydrogen (secondary N) is 2. The summed E-state index contributed by atoms with van der Waals surface area (Å²) >= 11 is 5.95. The van der Waals surface area contributed by atoms with E-state index in [2.05, 4.69) is 10.0 Å². The van der Waals surface area contributed by atoms with Gasteiger partial charge in [0.2, 0.25) is 10.0 Å². The van der Waals surface area contributed by atoms with Gasteiger partial charge in [-0.25, -0.2) is 13.1 Å². The van der Waals surface area contributed by atoms with Crippen molar-refractivity contribution in [3.63, 3.8) is 0 Å². The molecular formula is C18H22ClN3O3S2. The Labute approximate surface area is 167 Å². The summed E-state index contributed by atoms with van der Waals surface area (Å²) in [6, 6.07) is 12.6. The van der Waals surface area contributed by atoms with Crippen molar-refractivity contribution in [2.75, 3.05) is 37.5 Å². The lowest BCUT2D eigenvalue weighted by Gasteiger charge is -2.12. The summed E-state index contributed by atoms with van der Waals surface area (Å²) in [4.78, 5) is 2.30. The minimum absolute atomic E-state index is 0.0987. The number of sulfonamides is 1. The zero-order chi connectivity index (χ0) is 19.4. The Morgan fingerprint density at radius 3 is 2.70 bits per heavy atom. The zero-order valence-corrected chi connectivity index (χ0v) is 17.3. The van der Waals surface area contributed by atoms with E-state index >= 15 is 0 Å². The van der Waals surface area contributed by atoms with Crippen LogP contribution in [0.2, 0.25) is 5.02 Å². The van der Waals surface area contributed by atoms with Crippen LogP contribution < -0.4 is 14.9 Å². The highest BCUT2D eigenvalue weighted by molar-refractivity contribution is 7.91. The van der Waals surface area contributed by atoms with E-state index in [4.69, 9.17) is 11.6 Å². The van der Waals surface area contributed by atoms with Crippen LogP contribution >= 0.6 is 11.6 Å². The topological polar surface area (TPSA) is 78.5 Å². The Kier molecular flexibility index (Phi) is 6.54. The van der Waals surface area contributed by atoms with Gasteiger partial charge in [-0.2, -0.15) is 0 Å². The molecule has 27 heavy (non-hydrogen) atoms. The third-order valence-electron chi connectivity index (χ3n) is 4.27. The van der Waals surface area contributed by atoms with Gasteiger partial charge >= 0.3 is 0 Å². The van der Waals surface area contributed by atoms with E-state index < -0.39 is 20.8 Å². The molecule has 146 valence electrons. The summed E-state index contributed by atoms with van der Waals surface area (Å²) in [5.74, 6) is 0.312. The molecule has 0 saturated heterocycles. The second-order valence-corrected chi connectivity index (χ2v) is 9.83. The maximum Gasteiger partial charge on any atom is 0.241 e. The first-order chi connectivity index (χ1) is 12.9. The van der Waals surface area contributed by atoms with Gasteiger partial charge in [-0.05, 0) is 42.8 Å². The summed E-state index contributed by atoms with van der Waals surface area (Å²) in [7, 11) is -3.25. The molecular weight excluding hydrogens is 406 g/mol. The molecule has 1 heterocycles. The molecule has 2 aromatic rings. The Bertz CT molecular complexity index is 951. The van der Waals surface area contributed by atoms with E-state index in [1.165, 1.54) is 6.07 Å². The number of rotatable bonds is 8. The van der Waals surface area contributed by atoms with E-state index in [9.17, 15) is 12.6 Å². The number of halogens is 1. The van der Waals surface area contributed by atoms with Crippen molar-refractivity contribution in [1.82, 2.24) is 10.0 Å². The normalized spacial score (nSPS) is 16.5. The Morgan fingerprint density at radius 2 is 1.93 bits per heavy atom. The fourth-order valence-corrected chi connectivity index (χ4v) is 6.28. The molecule has 0 saturated carbocycles. The van der Waals surface area contributed by atoms with Gasteiger partial charge in [0, 0.05) is 25.2 Å². The average molecular weight is 428 g/mol. The second-order valence-electron chi connectivity index (χ2n) is 6.30. The Hall–Kier alpha value is -1.45. The summed E-state index contributed by atoms with van der Waals surface area (Å²) in [6.45, 7) is 1.47. The van der Waals surface area contributed by atoms with Crippen molar-refractivity contribution in [3.05, 3.63) is 53.1 Å². The van der Waals surface area contributed by atoms with Crippen molar-refractivity contribution < 1.29 is 12.6 Å². The first-order valence-corrected chi connectivity index (χ1v) is 11.7. The molecule has 1 unspecified atom stereocenters. The quantitative estimate of drug-likeness (QED) is 0.630. The SMILES string of the molecule is CN1CS(=O)c2c1cccc2S(=O)(=O)NCCNCCc1cccc(Cl)c1. The van der Waals surface area contributed by atoms with Crippen molar-refractivity contribution in [2.24, 2.45) is 0 Å². The molecule has 0 spiro atoms. The number of anilines is 1. The van der Waals surface area contributed by atoms with Gasteiger partial charge in [0.05, 0.1) is 27.3 Å². The van der Waals surface area contributed by atoms with Crippen molar-refractivity contribution >= 4 is 38.1 Å². The molecule has 1 aliphatic heterocycles. The second kappa shape index (κ2) is 8.70. The maximum atomic E-state index is 12.6. The van der Waals surface area contributed by atoms with E-state index in [0.717, 1.165) is 18.5 Å². The third-order valence-corrected chi connectivity index (χ3v) is 7.64. The molecule has 6 nitrogen and oxygen atoms in total. The fourth-order valence-electron chi connectivity index (χ4n) is 2.96. The Morgan fingerprint density at radius 1 is 1.15 bits per heavy atom. The lowest BCUT2D eigenvalue weighted by Crippen LogP contribution is -2.33. The van der Waals surface area contributed by atoms with Gasteiger partial charge in [-0.3, -0.25) is 4.21 Å². The van der Waals surface area contributed by atoms with Crippen LogP contribution in [0.5, 0.6) is 0 Å². The lowest BCUT2D eigenvalue weighted by molar-refractivity contribution is 0.573. The molecule has 3 rings (SSSR count). The summed E-state index contributed by atoms with van der Waals surface area (Å²) in [5.41, 5.74) is 1.83. The molecule has 2 aromatic carbocycles. The van der Waals surface area contributed by atoms with Gasteiger partial charge in [0.15, 0.2) is 0 Å². The number of nitrogens with zero attached hydrogens (tertiary/aromatic N) is 1. The molecule has 0 aliphatic carbocycles. The van der Waals surface area contributed by atoms with Crippen LogP contribution in [0, 0.1) is 0 Å². The van der Waals surface area contributed by atoms with Crippen molar-refractivity contribution in [2.45, 2.75) is 16.2 Å². The van der Waals surface area contributed by atoms with Crippen LogP contribution in [0.25, 0.3) is 0 Å². The number of fused-ring (bicyclic) bond motifs is 1. The number of benzene rings is 2. The van der Waals surface area contributed by atoms with Gasteiger partial charge in [-0.15, -0.1) is 0 Å². The van der Waals surface area contributed by atoms with Gasteiger partial charge < -0.3 is 10.2 Å². The van der Waals surface area contributed by atoms with Crippen molar-refractivity contribution in [3.8, 4) is 0 Å². The average Bonchev–Trinajstić information content (AvgIpc) is 2.92. The van der Waals surface area contributed by atoms with Crippen LogP contribution in [0.4, 0.5) is 5.69 Å². The molecule has 0 amide bonds. The van der Waals surface area contributed by atoms with Crippen LogP contribution in [-0.2, 0) is 27.2 Å². The third kappa shape index (κ3) is 4.89. The van der Waals surface area contributed by atoms with Crippen LogP contribution in [0.3, 0.4) is 0 Å². The van der Waals surface area contributed by atoms with Gasteiger partial charge in [0.25, 0.3) is 0 Å². The highest BCUT2D eigenvalue weighted by atomic mass is 35.5. The number of hydrogen-bond donors (Lipinski definition) is 2. The van der Waals surface area contributed by atoms with E-state index in [0.29, 0.717) is 28.0 Å². The standard InChI is InChI=1S/C18H22ClN3O3S2/c1-22-13-26(23)18-16(22)6-3-7-17(18)27(24,25)21-11-10-20-9-8-14-4-2-5-15(19)12-14/h2-7,12,20-21H,8-11,13H2,1H3. The molecule has 2 N–H and O–H groups in total. The van der Waals surface area contributed by atoms with Gasteiger partial charge in [0.1, 0.15) is 4.90 Å². The molecule has 1 atom stereocenters. The minimum Gasteiger partial charge on any atom is -0.361 e. The van der Waals surface area contributed by atoms with E-state index in [1.807, 2.05) is 29.2 Å². The summed E-state index contributed by atoms with van der Waals surface area (Å²) < 4.78 is 40.1. The van der Waals surface area contributed by atoms with Crippen LogP contribution in [-0.4, -0.2) is 45.2 Å². The first-order valence-electron chi connectivity index (χ1n) is 8.56. The molecule has 9 heteroatoms. The largest absolute Gasteiger partial charge is 0.361 e. The molecule has 1 aliphatic rings.